The second-order valence-electron chi connectivity index (χ2n) is 6.82. The average molecular weight is 386 g/mol. The molecule has 2 atom stereocenters. The van der Waals surface area contributed by atoms with Crippen molar-refractivity contribution in [3.63, 3.8) is 0 Å². The number of alkyl halides is 1. The number of anilines is 1. The molecule has 0 unspecified atom stereocenters. The van der Waals surface area contributed by atoms with Crippen LogP contribution in [-0.2, 0) is 14.6 Å². The van der Waals surface area contributed by atoms with Crippen molar-refractivity contribution in [2.45, 2.75) is 18.3 Å². The lowest BCUT2D eigenvalue weighted by Crippen LogP contribution is -2.51. The topological polar surface area (TPSA) is 69.7 Å². The minimum absolute atomic E-state index is 0.0609. The van der Waals surface area contributed by atoms with Gasteiger partial charge in [0.15, 0.2) is 9.84 Å². The Morgan fingerprint density at radius 3 is 2.48 bits per heavy atom. The number of piperazine rings is 1. The quantitative estimate of drug-likeness (QED) is 0.770. The number of hydrogen-bond donors (Lipinski definition) is 1. The van der Waals surface area contributed by atoms with Crippen LogP contribution in [0.3, 0.4) is 0 Å². The van der Waals surface area contributed by atoms with Gasteiger partial charge in [-0.3, -0.25) is 9.69 Å². The summed E-state index contributed by atoms with van der Waals surface area (Å²) in [6.07, 6.45) is 0. The van der Waals surface area contributed by atoms with E-state index in [1.807, 2.05) is 12.1 Å². The Morgan fingerprint density at radius 1 is 1.20 bits per heavy atom. The molecule has 1 N–H and O–H groups in total. The van der Waals surface area contributed by atoms with Crippen molar-refractivity contribution in [3.8, 4) is 0 Å². The number of sulfone groups is 1. The summed E-state index contributed by atoms with van der Waals surface area (Å²) < 4.78 is 23.1. The smallest absolute Gasteiger partial charge is 0.234 e. The predicted octanol–water partition coefficient (Wildman–Crippen LogP) is 0.638. The largest absolute Gasteiger partial charge is 0.369 e. The lowest BCUT2D eigenvalue weighted by Gasteiger charge is -2.36. The van der Waals surface area contributed by atoms with Crippen LogP contribution < -0.4 is 10.2 Å². The van der Waals surface area contributed by atoms with Gasteiger partial charge in [0.25, 0.3) is 0 Å². The normalized spacial score (nSPS) is 26.6. The fourth-order valence-corrected chi connectivity index (χ4v) is 6.01. The molecule has 0 aliphatic carbocycles. The third-order valence-electron chi connectivity index (χ3n) is 4.83. The Labute approximate surface area is 154 Å². The minimum Gasteiger partial charge on any atom is -0.369 e. The number of nitrogens with zero attached hydrogens (tertiary/aromatic N) is 2. The Bertz CT molecular complexity index is 732. The molecule has 8 heteroatoms. The highest BCUT2D eigenvalue weighted by atomic mass is 35.5. The number of carbonyl (C=O) groups is 1. The van der Waals surface area contributed by atoms with Crippen LogP contribution in [0.5, 0.6) is 0 Å². The molecule has 2 fully saturated rings. The standard InChI is InChI=1S/C17H24ClN3O3S/c1-13-4-2-3-5-16(13)21-8-6-20(7-9-21)10-17(22)19-15-12-25(23,24)11-14(15)18/h2-5,14-15H,6-12H2,1H3,(H,19,22)/t14-,15-/m0/s1. The molecule has 2 heterocycles. The van der Waals surface area contributed by atoms with Gasteiger partial charge in [0.1, 0.15) is 0 Å². The summed E-state index contributed by atoms with van der Waals surface area (Å²) in [4.78, 5) is 16.6. The average Bonchev–Trinajstić information content (AvgIpc) is 2.80. The van der Waals surface area contributed by atoms with Crippen molar-refractivity contribution in [3.05, 3.63) is 29.8 Å². The van der Waals surface area contributed by atoms with E-state index in [-0.39, 0.29) is 24.0 Å². The van der Waals surface area contributed by atoms with Gasteiger partial charge >= 0.3 is 0 Å². The van der Waals surface area contributed by atoms with Crippen molar-refractivity contribution in [2.75, 3.05) is 49.1 Å². The second kappa shape index (κ2) is 7.51. The van der Waals surface area contributed by atoms with Gasteiger partial charge in [-0.15, -0.1) is 11.6 Å². The molecule has 0 spiro atoms. The first kappa shape index (κ1) is 18.5. The van der Waals surface area contributed by atoms with Crippen molar-refractivity contribution in [1.29, 1.82) is 0 Å². The van der Waals surface area contributed by atoms with Gasteiger partial charge < -0.3 is 10.2 Å². The van der Waals surface area contributed by atoms with Gasteiger partial charge in [0, 0.05) is 31.9 Å². The van der Waals surface area contributed by atoms with Crippen molar-refractivity contribution >= 4 is 33.0 Å². The zero-order valence-electron chi connectivity index (χ0n) is 14.3. The number of aryl methyl sites for hydroxylation is 1. The van der Waals surface area contributed by atoms with E-state index in [0.717, 1.165) is 26.2 Å². The Morgan fingerprint density at radius 2 is 1.88 bits per heavy atom. The van der Waals surface area contributed by atoms with E-state index < -0.39 is 21.3 Å². The lowest BCUT2D eigenvalue weighted by atomic mass is 10.1. The van der Waals surface area contributed by atoms with E-state index in [1.54, 1.807) is 0 Å². The third-order valence-corrected chi connectivity index (χ3v) is 7.20. The van der Waals surface area contributed by atoms with Gasteiger partial charge in [-0.2, -0.15) is 0 Å². The van der Waals surface area contributed by atoms with E-state index in [0.29, 0.717) is 0 Å². The van der Waals surface area contributed by atoms with E-state index in [9.17, 15) is 13.2 Å². The summed E-state index contributed by atoms with van der Waals surface area (Å²) in [6, 6.07) is 7.83. The molecule has 0 aromatic heterocycles. The van der Waals surface area contributed by atoms with Crippen LogP contribution in [0.2, 0.25) is 0 Å². The number of halogens is 1. The highest BCUT2D eigenvalue weighted by molar-refractivity contribution is 7.91. The Hall–Kier alpha value is -1.31. The fourth-order valence-electron chi connectivity index (χ4n) is 3.46. The number of nitrogens with one attached hydrogen (secondary N) is 1. The van der Waals surface area contributed by atoms with E-state index >= 15 is 0 Å². The molecular weight excluding hydrogens is 362 g/mol. The summed E-state index contributed by atoms with van der Waals surface area (Å²) in [5.74, 6) is -0.278. The molecule has 0 bridgehead atoms. The zero-order chi connectivity index (χ0) is 18.0. The van der Waals surface area contributed by atoms with Crippen LogP contribution in [0, 0.1) is 6.92 Å². The molecule has 25 heavy (non-hydrogen) atoms. The maximum absolute atomic E-state index is 12.2. The first-order valence-electron chi connectivity index (χ1n) is 8.51. The van der Waals surface area contributed by atoms with Gasteiger partial charge in [-0.05, 0) is 18.6 Å². The summed E-state index contributed by atoms with van der Waals surface area (Å²) in [7, 11) is -3.13. The number of amides is 1. The molecular formula is C17H24ClN3O3S. The number of carbonyl (C=O) groups excluding carboxylic acids is 1. The minimum atomic E-state index is -3.13. The van der Waals surface area contributed by atoms with Crippen LogP contribution >= 0.6 is 11.6 Å². The highest BCUT2D eigenvalue weighted by Crippen LogP contribution is 2.21. The second-order valence-corrected chi connectivity index (χ2v) is 9.53. The molecule has 1 aromatic carbocycles. The summed E-state index contributed by atoms with van der Waals surface area (Å²) in [5, 5.41) is 2.24. The summed E-state index contributed by atoms with van der Waals surface area (Å²) >= 11 is 6.04. The highest BCUT2D eigenvalue weighted by Gasteiger charge is 2.37. The predicted molar refractivity (Wildman–Crippen MR) is 100 cm³/mol. The van der Waals surface area contributed by atoms with Gasteiger partial charge in [0.05, 0.1) is 29.5 Å². The van der Waals surface area contributed by atoms with Crippen molar-refractivity contribution in [2.24, 2.45) is 0 Å². The van der Waals surface area contributed by atoms with Crippen molar-refractivity contribution in [1.82, 2.24) is 10.2 Å². The molecule has 0 saturated carbocycles. The number of benzene rings is 1. The Balaban J connectivity index is 1.48. The molecule has 2 aliphatic rings. The molecule has 1 aromatic rings. The van der Waals surface area contributed by atoms with Crippen LogP contribution in [0.15, 0.2) is 24.3 Å². The molecule has 6 nitrogen and oxygen atoms in total. The monoisotopic (exact) mass is 385 g/mol. The van der Waals surface area contributed by atoms with Crippen LogP contribution in [0.1, 0.15) is 5.56 Å². The maximum atomic E-state index is 12.2. The van der Waals surface area contributed by atoms with E-state index in [4.69, 9.17) is 11.6 Å². The molecule has 3 rings (SSSR count). The summed E-state index contributed by atoms with van der Waals surface area (Å²) in [6.45, 7) is 5.72. The van der Waals surface area contributed by atoms with Crippen LogP contribution in [-0.4, -0.2) is 74.9 Å². The molecule has 138 valence electrons. The summed E-state index contributed by atoms with van der Waals surface area (Å²) in [5.41, 5.74) is 2.50. The number of rotatable bonds is 4. The van der Waals surface area contributed by atoms with Crippen molar-refractivity contribution < 1.29 is 13.2 Å². The fraction of sp³-hybridized carbons (Fsp3) is 0.588. The molecule has 2 saturated heterocycles. The molecule has 2 aliphatic heterocycles. The first-order chi connectivity index (χ1) is 11.8. The maximum Gasteiger partial charge on any atom is 0.234 e. The SMILES string of the molecule is Cc1ccccc1N1CCN(CC(=O)N[C@H]2CS(=O)(=O)C[C@@H]2Cl)CC1. The Kier molecular flexibility index (Phi) is 5.55. The lowest BCUT2D eigenvalue weighted by molar-refractivity contribution is -0.122. The van der Waals surface area contributed by atoms with Crippen LogP contribution in [0.4, 0.5) is 5.69 Å². The third kappa shape index (κ3) is 4.65. The molecule has 1 amide bonds. The number of hydrogen-bond acceptors (Lipinski definition) is 5. The van der Waals surface area contributed by atoms with E-state index in [2.05, 4.69) is 34.2 Å². The molecule has 0 radical (unpaired) electrons. The van der Waals surface area contributed by atoms with Crippen LogP contribution in [0.25, 0.3) is 0 Å². The number of para-hydroxylation sites is 1. The van der Waals surface area contributed by atoms with Gasteiger partial charge in [-0.25, -0.2) is 8.42 Å². The zero-order valence-corrected chi connectivity index (χ0v) is 15.9. The van der Waals surface area contributed by atoms with Gasteiger partial charge in [-0.1, -0.05) is 18.2 Å². The van der Waals surface area contributed by atoms with E-state index in [1.165, 1.54) is 11.3 Å². The van der Waals surface area contributed by atoms with Gasteiger partial charge in [0.2, 0.25) is 5.91 Å². The first-order valence-corrected chi connectivity index (χ1v) is 10.8.